The maximum absolute atomic E-state index is 6.18. The number of hydrogen-bond acceptors (Lipinski definition) is 6. The van der Waals surface area contributed by atoms with Crippen molar-refractivity contribution in [3.8, 4) is 5.75 Å². The molecule has 1 aromatic heterocycles. The van der Waals surface area contributed by atoms with E-state index < -0.39 is 0 Å². The van der Waals surface area contributed by atoms with E-state index >= 15 is 0 Å². The zero-order valence-electron chi connectivity index (χ0n) is 15.2. The number of ether oxygens (including phenoxy) is 2. The first-order chi connectivity index (χ1) is 12.6. The number of hydrogen-bond donors (Lipinski definition) is 2. The quantitative estimate of drug-likeness (QED) is 0.688. The van der Waals surface area contributed by atoms with E-state index in [1.165, 1.54) is 0 Å². The van der Waals surface area contributed by atoms with Crippen LogP contribution in [0.2, 0.25) is 5.02 Å². The second kappa shape index (κ2) is 8.66. The van der Waals surface area contributed by atoms with Crippen LogP contribution in [-0.4, -0.2) is 36.3 Å². The minimum absolute atomic E-state index is 0.282. The van der Waals surface area contributed by atoms with Crippen molar-refractivity contribution in [1.82, 2.24) is 9.97 Å². The highest BCUT2D eigenvalue weighted by atomic mass is 35.5. The van der Waals surface area contributed by atoms with Gasteiger partial charge in [0, 0.05) is 30.8 Å². The molecule has 7 heteroatoms. The van der Waals surface area contributed by atoms with Gasteiger partial charge in [-0.2, -0.15) is 0 Å². The number of rotatable bonds is 8. The molecule has 0 unspecified atom stereocenters. The highest BCUT2D eigenvalue weighted by Gasteiger charge is 2.29. The summed E-state index contributed by atoms with van der Waals surface area (Å²) in [5.41, 5.74) is 7.95. The SMILES string of the molecule is COCc1nc(NCCOc2c(C)cccc2Cl)cc(C2CC(N)C2)n1. The van der Waals surface area contributed by atoms with Crippen LogP contribution in [0, 0.1) is 6.92 Å². The highest BCUT2D eigenvalue weighted by Crippen LogP contribution is 2.35. The normalized spacial score (nSPS) is 19.1. The number of benzene rings is 1. The third kappa shape index (κ3) is 4.63. The smallest absolute Gasteiger partial charge is 0.156 e. The van der Waals surface area contributed by atoms with E-state index in [2.05, 4.69) is 15.3 Å². The van der Waals surface area contributed by atoms with Crippen molar-refractivity contribution < 1.29 is 9.47 Å². The van der Waals surface area contributed by atoms with Gasteiger partial charge in [-0.05, 0) is 31.4 Å². The first-order valence-corrected chi connectivity index (χ1v) is 9.18. The Kier molecular flexibility index (Phi) is 6.29. The Balaban J connectivity index is 1.60. The number of nitrogens with two attached hydrogens (primary N) is 1. The third-order valence-corrected chi connectivity index (χ3v) is 4.77. The average molecular weight is 377 g/mol. The number of halogens is 1. The molecule has 26 heavy (non-hydrogen) atoms. The summed E-state index contributed by atoms with van der Waals surface area (Å²) >= 11 is 6.18. The van der Waals surface area contributed by atoms with E-state index in [4.69, 9.17) is 26.8 Å². The highest BCUT2D eigenvalue weighted by molar-refractivity contribution is 6.32. The van der Waals surface area contributed by atoms with Crippen molar-refractivity contribution in [3.05, 3.63) is 46.4 Å². The predicted octanol–water partition coefficient (Wildman–Crippen LogP) is 3.28. The molecule has 1 aliphatic rings. The molecule has 0 atom stereocenters. The maximum atomic E-state index is 6.18. The van der Waals surface area contributed by atoms with E-state index in [1.807, 2.05) is 31.2 Å². The molecule has 1 heterocycles. The fourth-order valence-electron chi connectivity index (χ4n) is 3.05. The molecule has 0 bridgehead atoms. The molecule has 1 aliphatic carbocycles. The standard InChI is InChI=1S/C19H25ClN4O2/c1-12-4-3-5-15(20)19(12)26-7-6-22-17-10-16(13-8-14(21)9-13)23-18(24-17)11-25-2/h3-5,10,13-14H,6-9,11,21H2,1-2H3,(H,22,23,24). The Morgan fingerprint density at radius 3 is 2.81 bits per heavy atom. The number of anilines is 1. The van der Waals surface area contributed by atoms with Gasteiger partial charge in [0.05, 0.1) is 11.6 Å². The molecule has 2 aromatic rings. The number of nitrogens with one attached hydrogen (secondary N) is 1. The van der Waals surface area contributed by atoms with Gasteiger partial charge in [-0.3, -0.25) is 0 Å². The van der Waals surface area contributed by atoms with E-state index in [-0.39, 0.29) is 6.04 Å². The summed E-state index contributed by atoms with van der Waals surface area (Å²) in [7, 11) is 1.64. The second-order valence-electron chi connectivity index (χ2n) is 6.62. The Bertz CT molecular complexity index is 730. The van der Waals surface area contributed by atoms with Crippen molar-refractivity contribution in [2.24, 2.45) is 5.73 Å². The maximum Gasteiger partial charge on any atom is 0.156 e. The minimum Gasteiger partial charge on any atom is -0.490 e. The number of methoxy groups -OCH3 is 1. The predicted molar refractivity (Wildman–Crippen MR) is 103 cm³/mol. The van der Waals surface area contributed by atoms with Crippen LogP contribution in [0.15, 0.2) is 24.3 Å². The van der Waals surface area contributed by atoms with Gasteiger partial charge in [-0.1, -0.05) is 23.7 Å². The lowest BCUT2D eigenvalue weighted by molar-refractivity contribution is 0.177. The molecule has 3 rings (SSSR count). The van der Waals surface area contributed by atoms with Crippen molar-refractivity contribution in [2.75, 3.05) is 25.6 Å². The van der Waals surface area contributed by atoms with Crippen LogP contribution in [0.1, 0.15) is 35.8 Å². The summed E-state index contributed by atoms with van der Waals surface area (Å²) < 4.78 is 11.0. The lowest BCUT2D eigenvalue weighted by Gasteiger charge is -2.32. The molecule has 0 amide bonds. The summed E-state index contributed by atoms with van der Waals surface area (Å²) in [5.74, 6) is 2.59. The lowest BCUT2D eigenvalue weighted by Crippen LogP contribution is -2.35. The summed E-state index contributed by atoms with van der Waals surface area (Å²) in [5, 5.41) is 3.92. The van der Waals surface area contributed by atoms with Gasteiger partial charge in [0.15, 0.2) is 5.82 Å². The van der Waals surface area contributed by atoms with Gasteiger partial charge in [-0.25, -0.2) is 9.97 Å². The average Bonchev–Trinajstić information content (AvgIpc) is 2.58. The molecular formula is C19H25ClN4O2. The van der Waals surface area contributed by atoms with Crippen LogP contribution in [0.4, 0.5) is 5.82 Å². The van der Waals surface area contributed by atoms with Gasteiger partial charge < -0.3 is 20.5 Å². The molecule has 0 spiro atoms. The van der Waals surface area contributed by atoms with Gasteiger partial charge >= 0.3 is 0 Å². The number of para-hydroxylation sites is 1. The molecule has 1 saturated carbocycles. The fraction of sp³-hybridized carbons (Fsp3) is 0.474. The van der Waals surface area contributed by atoms with E-state index in [9.17, 15) is 0 Å². The van der Waals surface area contributed by atoms with Gasteiger partial charge in [0.25, 0.3) is 0 Å². The topological polar surface area (TPSA) is 82.3 Å². The molecule has 140 valence electrons. The van der Waals surface area contributed by atoms with Crippen molar-refractivity contribution in [1.29, 1.82) is 0 Å². The second-order valence-corrected chi connectivity index (χ2v) is 7.02. The minimum atomic E-state index is 0.282. The Labute approximate surface area is 159 Å². The first kappa shape index (κ1) is 18.9. The van der Waals surface area contributed by atoms with Gasteiger partial charge in [-0.15, -0.1) is 0 Å². The number of nitrogens with zero attached hydrogens (tertiary/aromatic N) is 2. The number of aryl methyl sites for hydroxylation is 1. The summed E-state index contributed by atoms with van der Waals surface area (Å²) in [6.07, 6.45) is 1.94. The molecular weight excluding hydrogens is 352 g/mol. The van der Waals surface area contributed by atoms with E-state index in [0.717, 1.165) is 35.7 Å². The van der Waals surface area contributed by atoms with E-state index in [0.29, 0.717) is 36.5 Å². The molecule has 1 aromatic carbocycles. The molecule has 0 aliphatic heterocycles. The first-order valence-electron chi connectivity index (χ1n) is 8.81. The zero-order valence-corrected chi connectivity index (χ0v) is 15.9. The van der Waals surface area contributed by atoms with Crippen molar-refractivity contribution in [3.63, 3.8) is 0 Å². The van der Waals surface area contributed by atoms with E-state index in [1.54, 1.807) is 7.11 Å². The fourth-order valence-corrected chi connectivity index (χ4v) is 3.32. The third-order valence-electron chi connectivity index (χ3n) is 4.48. The monoisotopic (exact) mass is 376 g/mol. The van der Waals surface area contributed by atoms with Gasteiger partial charge in [0.1, 0.15) is 24.8 Å². The van der Waals surface area contributed by atoms with Crippen molar-refractivity contribution in [2.45, 2.75) is 38.3 Å². The van der Waals surface area contributed by atoms with Crippen LogP contribution in [-0.2, 0) is 11.3 Å². The van der Waals surface area contributed by atoms with Gasteiger partial charge in [0.2, 0.25) is 0 Å². The molecule has 3 N–H and O–H groups in total. The number of aromatic nitrogens is 2. The zero-order chi connectivity index (χ0) is 18.5. The summed E-state index contributed by atoms with van der Waals surface area (Å²) in [4.78, 5) is 9.10. The summed E-state index contributed by atoms with van der Waals surface area (Å²) in [6, 6.07) is 8.00. The van der Waals surface area contributed by atoms with Crippen LogP contribution in [0.5, 0.6) is 5.75 Å². The Morgan fingerprint density at radius 2 is 2.12 bits per heavy atom. The van der Waals surface area contributed by atoms with Crippen LogP contribution >= 0.6 is 11.6 Å². The molecule has 6 nitrogen and oxygen atoms in total. The van der Waals surface area contributed by atoms with Crippen LogP contribution < -0.4 is 15.8 Å². The molecule has 0 radical (unpaired) electrons. The summed E-state index contributed by atoms with van der Waals surface area (Å²) in [6.45, 7) is 3.46. The van der Waals surface area contributed by atoms with Crippen LogP contribution in [0.25, 0.3) is 0 Å². The Hall–Kier alpha value is -1.89. The largest absolute Gasteiger partial charge is 0.490 e. The van der Waals surface area contributed by atoms with Crippen molar-refractivity contribution >= 4 is 17.4 Å². The van der Waals surface area contributed by atoms with Crippen LogP contribution in [0.3, 0.4) is 0 Å². The molecule has 1 fully saturated rings. The molecule has 0 saturated heterocycles. The lowest BCUT2D eigenvalue weighted by atomic mass is 9.78. The Morgan fingerprint density at radius 1 is 1.31 bits per heavy atom.